The number of hydrazone groups is 1. The number of halogens is 1. The van der Waals surface area contributed by atoms with E-state index in [1.165, 1.54) is 0 Å². The van der Waals surface area contributed by atoms with Gasteiger partial charge in [-0.25, -0.2) is 5.01 Å². The van der Waals surface area contributed by atoms with Crippen LogP contribution in [0.3, 0.4) is 0 Å². The van der Waals surface area contributed by atoms with Crippen molar-refractivity contribution in [3.8, 4) is 11.5 Å². The van der Waals surface area contributed by atoms with E-state index in [9.17, 15) is 4.79 Å². The Morgan fingerprint density at radius 1 is 0.967 bits per heavy atom. The molecule has 152 valence electrons. The molecule has 0 aromatic heterocycles. The van der Waals surface area contributed by atoms with Crippen LogP contribution in [0.5, 0.6) is 11.5 Å². The summed E-state index contributed by atoms with van der Waals surface area (Å²) in [7, 11) is 3.21. The van der Waals surface area contributed by atoms with Crippen molar-refractivity contribution in [3.05, 3.63) is 94.0 Å². The van der Waals surface area contributed by atoms with Crippen molar-refractivity contribution < 1.29 is 14.3 Å². The van der Waals surface area contributed by atoms with E-state index in [1.54, 1.807) is 31.4 Å². The third-order valence-corrected chi connectivity index (χ3v) is 5.64. The van der Waals surface area contributed by atoms with Crippen LogP contribution in [0, 0.1) is 0 Å². The van der Waals surface area contributed by atoms with E-state index in [0.29, 0.717) is 23.5 Å². The van der Waals surface area contributed by atoms with Gasteiger partial charge in [-0.1, -0.05) is 52.3 Å². The number of rotatable bonds is 5. The summed E-state index contributed by atoms with van der Waals surface area (Å²) >= 11 is 3.47. The van der Waals surface area contributed by atoms with Crippen LogP contribution in [0.15, 0.2) is 82.4 Å². The molecule has 0 spiro atoms. The second-order valence-corrected chi connectivity index (χ2v) is 7.82. The molecule has 0 saturated heterocycles. The van der Waals surface area contributed by atoms with Crippen molar-refractivity contribution in [1.82, 2.24) is 5.01 Å². The maximum atomic E-state index is 13.3. The van der Waals surface area contributed by atoms with Gasteiger partial charge in [0.25, 0.3) is 5.91 Å². The summed E-state index contributed by atoms with van der Waals surface area (Å²) in [6.45, 7) is 0. The molecule has 4 rings (SSSR count). The number of hydrogen-bond donors (Lipinski definition) is 0. The summed E-state index contributed by atoms with van der Waals surface area (Å²) in [5.41, 5.74) is 3.40. The topological polar surface area (TPSA) is 51.1 Å². The van der Waals surface area contributed by atoms with Crippen molar-refractivity contribution in [3.63, 3.8) is 0 Å². The predicted octanol–water partition coefficient (Wildman–Crippen LogP) is 5.46. The molecule has 1 atom stereocenters. The van der Waals surface area contributed by atoms with Crippen LogP contribution in [0.4, 0.5) is 0 Å². The maximum absolute atomic E-state index is 13.3. The summed E-state index contributed by atoms with van der Waals surface area (Å²) in [5, 5.41) is 6.31. The number of benzene rings is 3. The molecule has 0 saturated carbocycles. The van der Waals surface area contributed by atoms with Gasteiger partial charge in [0.2, 0.25) is 0 Å². The molecule has 0 aliphatic carbocycles. The summed E-state index contributed by atoms with van der Waals surface area (Å²) in [4.78, 5) is 13.3. The summed E-state index contributed by atoms with van der Waals surface area (Å²) < 4.78 is 11.8. The Morgan fingerprint density at radius 2 is 1.67 bits per heavy atom. The first-order valence-corrected chi connectivity index (χ1v) is 10.3. The van der Waals surface area contributed by atoms with Crippen LogP contribution < -0.4 is 9.47 Å². The third-order valence-electron chi connectivity index (χ3n) is 5.11. The van der Waals surface area contributed by atoms with Crippen LogP contribution in [0.1, 0.15) is 33.9 Å². The minimum absolute atomic E-state index is 0.137. The fraction of sp³-hybridized carbons (Fsp3) is 0.167. The Morgan fingerprint density at radius 3 is 2.33 bits per heavy atom. The number of ether oxygens (including phenoxy) is 2. The quantitative estimate of drug-likeness (QED) is 0.503. The van der Waals surface area contributed by atoms with Crippen molar-refractivity contribution in [1.29, 1.82) is 0 Å². The van der Waals surface area contributed by atoms with Crippen molar-refractivity contribution in [2.45, 2.75) is 12.5 Å². The molecule has 3 aromatic rings. The van der Waals surface area contributed by atoms with Gasteiger partial charge in [-0.05, 0) is 47.5 Å². The van der Waals surface area contributed by atoms with E-state index < -0.39 is 0 Å². The maximum Gasteiger partial charge on any atom is 0.274 e. The molecule has 1 heterocycles. The molecular weight excluding hydrogens is 444 g/mol. The smallest absolute Gasteiger partial charge is 0.274 e. The molecule has 1 unspecified atom stereocenters. The highest BCUT2D eigenvalue weighted by molar-refractivity contribution is 9.10. The summed E-state index contributed by atoms with van der Waals surface area (Å²) in [6, 6.07) is 22.7. The highest BCUT2D eigenvalue weighted by Gasteiger charge is 2.34. The molecule has 30 heavy (non-hydrogen) atoms. The Hall–Kier alpha value is -3.12. The Bertz CT molecular complexity index is 1080. The molecular formula is C24H21BrN2O3. The summed E-state index contributed by atoms with van der Waals surface area (Å²) in [5.74, 6) is 1.14. The standard InChI is InChI=1S/C24H21BrN2O3/c1-29-22-13-10-18(14-23(22)30-2)21-15-20(16-8-11-19(25)12-9-16)26-27(21)24(28)17-6-4-3-5-7-17/h3-14,21H,15H2,1-2H3. The number of methoxy groups -OCH3 is 2. The van der Waals surface area contributed by atoms with Crippen LogP contribution in [-0.2, 0) is 0 Å². The van der Waals surface area contributed by atoms with E-state index in [-0.39, 0.29) is 11.9 Å². The molecule has 1 aliphatic heterocycles. The zero-order valence-corrected chi connectivity index (χ0v) is 18.3. The van der Waals surface area contributed by atoms with Crippen LogP contribution in [-0.4, -0.2) is 30.8 Å². The van der Waals surface area contributed by atoms with Crippen LogP contribution >= 0.6 is 15.9 Å². The Kier molecular flexibility index (Phi) is 5.86. The van der Waals surface area contributed by atoms with Gasteiger partial charge in [0, 0.05) is 16.5 Å². The molecule has 6 heteroatoms. The van der Waals surface area contributed by atoms with E-state index >= 15 is 0 Å². The van der Waals surface area contributed by atoms with Gasteiger partial charge in [0.15, 0.2) is 11.5 Å². The minimum atomic E-state index is -0.240. The lowest BCUT2D eigenvalue weighted by Crippen LogP contribution is -2.27. The molecule has 1 amide bonds. The molecule has 3 aromatic carbocycles. The van der Waals surface area contributed by atoms with Gasteiger partial charge >= 0.3 is 0 Å². The van der Waals surface area contributed by atoms with Crippen LogP contribution in [0.25, 0.3) is 0 Å². The van der Waals surface area contributed by atoms with E-state index in [4.69, 9.17) is 14.6 Å². The second kappa shape index (κ2) is 8.71. The average Bonchev–Trinajstić information content (AvgIpc) is 3.24. The molecule has 5 nitrogen and oxygen atoms in total. The van der Waals surface area contributed by atoms with Gasteiger partial charge < -0.3 is 9.47 Å². The van der Waals surface area contributed by atoms with E-state index in [0.717, 1.165) is 21.3 Å². The number of carbonyl (C=O) groups is 1. The predicted molar refractivity (Wildman–Crippen MR) is 120 cm³/mol. The first-order valence-electron chi connectivity index (χ1n) is 9.54. The van der Waals surface area contributed by atoms with Crippen molar-refractivity contribution >= 4 is 27.5 Å². The molecule has 1 aliphatic rings. The van der Waals surface area contributed by atoms with E-state index in [1.807, 2.05) is 60.7 Å². The van der Waals surface area contributed by atoms with Gasteiger partial charge in [0.05, 0.1) is 26.0 Å². The second-order valence-electron chi connectivity index (χ2n) is 6.90. The number of nitrogens with zero attached hydrogens (tertiary/aromatic N) is 2. The Labute approximate surface area is 184 Å². The van der Waals surface area contributed by atoms with Gasteiger partial charge in [0.1, 0.15) is 0 Å². The monoisotopic (exact) mass is 464 g/mol. The first kappa shape index (κ1) is 20.2. The van der Waals surface area contributed by atoms with Crippen LogP contribution in [0.2, 0.25) is 0 Å². The Balaban J connectivity index is 1.74. The highest BCUT2D eigenvalue weighted by atomic mass is 79.9. The molecule has 0 radical (unpaired) electrons. The number of carbonyl (C=O) groups excluding carboxylic acids is 1. The third kappa shape index (κ3) is 3.96. The van der Waals surface area contributed by atoms with Gasteiger partial charge in [-0.15, -0.1) is 0 Å². The normalized spacial score (nSPS) is 15.6. The first-order chi connectivity index (χ1) is 14.6. The largest absolute Gasteiger partial charge is 0.493 e. The number of hydrogen-bond acceptors (Lipinski definition) is 4. The molecule has 0 bridgehead atoms. The molecule has 0 fully saturated rings. The lowest BCUT2D eigenvalue weighted by molar-refractivity contribution is 0.0711. The van der Waals surface area contributed by atoms with Gasteiger partial charge in [-0.2, -0.15) is 5.10 Å². The lowest BCUT2D eigenvalue weighted by atomic mass is 9.97. The minimum Gasteiger partial charge on any atom is -0.493 e. The number of amides is 1. The fourth-order valence-electron chi connectivity index (χ4n) is 3.55. The fourth-order valence-corrected chi connectivity index (χ4v) is 3.81. The van der Waals surface area contributed by atoms with E-state index in [2.05, 4.69) is 15.9 Å². The SMILES string of the molecule is COc1ccc(C2CC(c3ccc(Br)cc3)=NN2C(=O)c2ccccc2)cc1OC. The zero-order valence-electron chi connectivity index (χ0n) is 16.7. The molecule has 0 N–H and O–H groups in total. The zero-order chi connectivity index (χ0) is 21.1. The lowest BCUT2D eigenvalue weighted by Gasteiger charge is -2.23. The van der Waals surface area contributed by atoms with Crippen molar-refractivity contribution in [2.75, 3.05) is 14.2 Å². The highest BCUT2D eigenvalue weighted by Crippen LogP contribution is 2.38. The van der Waals surface area contributed by atoms with Gasteiger partial charge in [-0.3, -0.25) is 4.79 Å². The summed E-state index contributed by atoms with van der Waals surface area (Å²) in [6.07, 6.45) is 0.607. The average molecular weight is 465 g/mol. The van der Waals surface area contributed by atoms with Crippen molar-refractivity contribution in [2.24, 2.45) is 5.10 Å².